The van der Waals surface area contributed by atoms with Crippen molar-refractivity contribution < 1.29 is 32.0 Å². The Labute approximate surface area is 254 Å². The SMILES string of the molecule is C/C=C/CCCCCCCCCCOC(=O)c1ccc(S(=O)(=O)O)cc1C(=O)OCCCCCCCCCC/C=C/C. The molecule has 0 aliphatic carbocycles. The van der Waals surface area contributed by atoms with Gasteiger partial charge in [-0.3, -0.25) is 4.55 Å². The Morgan fingerprint density at radius 2 is 1.00 bits per heavy atom. The molecule has 238 valence electrons. The number of benzene rings is 1. The van der Waals surface area contributed by atoms with Crippen LogP contribution in [0.2, 0.25) is 0 Å². The van der Waals surface area contributed by atoms with Gasteiger partial charge in [-0.1, -0.05) is 101 Å². The maximum absolute atomic E-state index is 12.8. The fourth-order valence-electron chi connectivity index (χ4n) is 4.70. The number of allylic oxidation sites excluding steroid dienone is 4. The number of carbonyl (C=O) groups excluding carboxylic acids is 2. The first-order valence-corrected chi connectivity index (χ1v) is 17.4. The van der Waals surface area contributed by atoms with Gasteiger partial charge in [-0.25, -0.2) is 9.59 Å². The van der Waals surface area contributed by atoms with E-state index in [2.05, 4.69) is 24.3 Å². The third-order valence-electron chi connectivity index (χ3n) is 7.20. The number of hydrogen-bond acceptors (Lipinski definition) is 6. The first-order valence-electron chi connectivity index (χ1n) is 16.0. The largest absolute Gasteiger partial charge is 0.462 e. The van der Waals surface area contributed by atoms with E-state index in [0.29, 0.717) is 12.8 Å². The average molecular weight is 607 g/mol. The summed E-state index contributed by atoms with van der Waals surface area (Å²) in [4.78, 5) is 25.1. The highest BCUT2D eigenvalue weighted by Crippen LogP contribution is 2.19. The summed E-state index contributed by atoms with van der Waals surface area (Å²) < 4.78 is 43.4. The van der Waals surface area contributed by atoms with Gasteiger partial charge < -0.3 is 9.47 Å². The summed E-state index contributed by atoms with van der Waals surface area (Å²) >= 11 is 0. The first kappa shape index (κ1) is 37.6. The van der Waals surface area contributed by atoms with Crippen LogP contribution in [0.4, 0.5) is 0 Å². The molecule has 0 spiro atoms. The molecule has 42 heavy (non-hydrogen) atoms. The Kier molecular flexibility index (Phi) is 21.5. The molecule has 1 aromatic carbocycles. The lowest BCUT2D eigenvalue weighted by Gasteiger charge is -2.11. The minimum absolute atomic E-state index is 0.0697. The maximum atomic E-state index is 12.8. The third kappa shape index (κ3) is 18.2. The van der Waals surface area contributed by atoms with Gasteiger partial charge in [-0.2, -0.15) is 8.42 Å². The lowest BCUT2D eigenvalue weighted by atomic mass is 10.1. The van der Waals surface area contributed by atoms with E-state index >= 15 is 0 Å². The maximum Gasteiger partial charge on any atom is 0.339 e. The van der Waals surface area contributed by atoms with Crippen molar-refractivity contribution in [2.24, 2.45) is 0 Å². The van der Waals surface area contributed by atoms with Gasteiger partial charge in [0.2, 0.25) is 0 Å². The van der Waals surface area contributed by atoms with E-state index in [9.17, 15) is 22.6 Å². The van der Waals surface area contributed by atoms with Crippen molar-refractivity contribution in [3.63, 3.8) is 0 Å². The van der Waals surface area contributed by atoms with E-state index in [4.69, 9.17) is 9.47 Å². The number of carbonyl (C=O) groups is 2. The van der Waals surface area contributed by atoms with E-state index in [1.54, 1.807) is 0 Å². The molecule has 0 atom stereocenters. The molecule has 8 heteroatoms. The van der Waals surface area contributed by atoms with Crippen molar-refractivity contribution in [2.75, 3.05) is 13.2 Å². The molecule has 0 amide bonds. The Bertz CT molecular complexity index is 1040. The van der Waals surface area contributed by atoms with Gasteiger partial charge in [0, 0.05) is 0 Å². The molecule has 0 saturated heterocycles. The number of rotatable bonds is 25. The van der Waals surface area contributed by atoms with E-state index in [1.807, 2.05) is 13.8 Å². The average Bonchev–Trinajstić information content (AvgIpc) is 2.97. The Morgan fingerprint density at radius 1 is 0.619 bits per heavy atom. The highest BCUT2D eigenvalue weighted by atomic mass is 32.2. The van der Waals surface area contributed by atoms with Crippen LogP contribution in [-0.2, 0) is 19.6 Å². The summed E-state index contributed by atoms with van der Waals surface area (Å²) in [6.07, 6.45) is 28.4. The van der Waals surface area contributed by atoms with Crippen molar-refractivity contribution in [3.8, 4) is 0 Å². The number of ether oxygens (including phenoxy) is 2. The molecular formula is C34H54O7S. The molecule has 0 unspecified atom stereocenters. The number of unbranched alkanes of at least 4 members (excludes halogenated alkanes) is 16. The van der Waals surface area contributed by atoms with Crippen molar-refractivity contribution in [3.05, 3.63) is 53.6 Å². The predicted octanol–water partition coefficient (Wildman–Crippen LogP) is 9.42. The van der Waals surface area contributed by atoms with Gasteiger partial charge in [0.15, 0.2) is 0 Å². The second kappa shape index (κ2) is 24.0. The minimum Gasteiger partial charge on any atom is -0.462 e. The molecule has 0 radical (unpaired) electrons. The molecule has 0 aliphatic rings. The van der Waals surface area contributed by atoms with Gasteiger partial charge in [-0.15, -0.1) is 0 Å². The summed E-state index contributed by atoms with van der Waals surface area (Å²) in [6, 6.07) is 3.25. The van der Waals surface area contributed by atoms with Crippen molar-refractivity contribution in [1.82, 2.24) is 0 Å². The molecule has 7 nitrogen and oxygen atoms in total. The summed E-state index contributed by atoms with van der Waals surface area (Å²) in [5.74, 6) is -1.52. The van der Waals surface area contributed by atoms with Gasteiger partial charge >= 0.3 is 11.9 Å². The summed E-state index contributed by atoms with van der Waals surface area (Å²) in [7, 11) is -4.55. The lowest BCUT2D eigenvalue weighted by Crippen LogP contribution is -2.16. The van der Waals surface area contributed by atoms with Crippen LogP contribution in [0.3, 0.4) is 0 Å². The van der Waals surface area contributed by atoms with Crippen LogP contribution in [0.5, 0.6) is 0 Å². The van der Waals surface area contributed by atoms with Gasteiger partial charge in [0.25, 0.3) is 10.1 Å². The minimum atomic E-state index is -4.55. The highest BCUT2D eigenvalue weighted by molar-refractivity contribution is 7.85. The monoisotopic (exact) mass is 606 g/mol. The zero-order chi connectivity index (χ0) is 30.9. The molecular weight excluding hydrogens is 552 g/mol. The molecule has 1 aromatic rings. The Balaban J connectivity index is 2.41. The zero-order valence-electron chi connectivity index (χ0n) is 26.0. The quantitative estimate of drug-likeness (QED) is 0.0511. The fraction of sp³-hybridized carbons (Fsp3) is 0.647. The van der Waals surface area contributed by atoms with Gasteiger partial charge in [0.1, 0.15) is 0 Å². The first-order chi connectivity index (χ1) is 20.3. The molecule has 0 bridgehead atoms. The van der Waals surface area contributed by atoms with Crippen LogP contribution in [0.25, 0.3) is 0 Å². The smallest absolute Gasteiger partial charge is 0.339 e. The zero-order valence-corrected chi connectivity index (χ0v) is 26.8. The Morgan fingerprint density at radius 3 is 1.40 bits per heavy atom. The van der Waals surface area contributed by atoms with Crippen LogP contribution in [0.15, 0.2) is 47.4 Å². The molecule has 0 heterocycles. The molecule has 0 aromatic heterocycles. The second-order valence-electron chi connectivity index (χ2n) is 10.8. The number of hydrogen-bond donors (Lipinski definition) is 1. The highest BCUT2D eigenvalue weighted by Gasteiger charge is 2.23. The normalized spacial score (nSPS) is 11.9. The Hall–Kier alpha value is -2.45. The van der Waals surface area contributed by atoms with Crippen LogP contribution in [-0.4, -0.2) is 38.1 Å². The van der Waals surface area contributed by atoms with Crippen LogP contribution in [0, 0.1) is 0 Å². The standard InChI is InChI=1S/C34H54O7S/c1-3-5-7-9-11-13-15-17-19-21-23-27-40-33(35)31-26-25-30(42(37,38)39)29-32(31)34(36)41-28-24-22-20-18-16-14-12-10-8-6-4-2/h3-6,25-26,29H,7-24,27-28H2,1-2H3,(H,37,38,39)/b5-3+,6-4+. The van der Waals surface area contributed by atoms with E-state index in [-0.39, 0.29) is 24.3 Å². The molecule has 0 saturated carbocycles. The topological polar surface area (TPSA) is 107 Å². The molecule has 1 rings (SSSR count). The molecule has 0 fully saturated rings. The van der Waals surface area contributed by atoms with Crippen LogP contribution < -0.4 is 0 Å². The third-order valence-corrected chi connectivity index (χ3v) is 8.05. The summed E-state index contributed by atoms with van der Waals surface area (Å²) in [6.45, 7) is 4.47. The summed E-state index contributed by atoms with van der Waals surface area (Å²) in [5, 5.41) is 0. The molecule has 0 aliphatic heterocycles. The molecule has 1 N–H and O–H groups in total. The van der Waals surface area contributed by atoms with Gasteiger partial charge in [0.05, 0.1) is 29.2 Å². The summed E-state index contributed by atoms with van der Waals surface area (Å²) in [5.41, 5.74) is -0.290. The van der Waals surface area contributed by atoms with E-state index in [1.165, 1.54) is 57.4 Å². The van der Waals surface area contributed by atoms with Crippen LogP contribution in [0.1, 0.15) is 150 Å². The van der Waals surface area contributed by atoms with E-state index in [0.717, 1.165) is 63.5 Å². The van der Waals surface area contributed by atoms with Crippen molar-refractivity contribution in [1.29, 1.82) is 0 Å². The van der Waals surface area contributed by atoms with Gasteiger partial charge in [-0.05, 0) is 70.6 Å². The van der Waals surface area contributed by atoms with Crippen molar-refractivity contribution in [2.45, 2.75) is 134 Å². The van der Waals surface area contributed by atoms with E-state index < -0.39 is 27.0 Å². The number of esters is 2. The van der Waals surface area contributed by atoms with Crippen molar-refractivity contribution >= 4 is 22.1 Å². The van der Waals surface area contributed by atoms with Crippen LogP contribution >= 0.6 is 0 Å². The predicted molar refractivity (Wildman–Crippen MR) is 170 cm³/mol. The fourth-order valence-corrected chi connectivity index (χ4v) is 5.21. The second-order valence-corrected chi connectivity index (χ2v) is 12.2. The lowest BCUT2D eigenvalue weighted by molar-refractivity contribution is 0.0450.